The molecule has 0 aromatic heterocycles. The first-order chi connectivity index (χ1) is 9.47. The van der Waals surface area contributed by atoms with Crippen molar-refractivity contribution in [1.29, 1.82) is 0 Å². The summed E-state index contributed by atoms with van der Waals surface area (Å²) in [6.07, 6.45) is 0. The van der Waals surface area contributed by atoms with E-state index >= 15 is 0 Å². The van der Waals surface area contributed by atoms with E-state index in [1.165, 1.54) is 18.2 Å². The number of benzene rings is 1. The number of alkyl halides is 2. The molecular weight excluding hydrogens is 373 g/mol. The van der Waals surface area contributed by atoms with Crippen LogP contribution in [-0.4, -0.2) is 48.7 Å². The SMILES string of the molecule is Cl.OCC(F)(F)[C@H](c1cccc(F)c1Br)N1CCNCC1. The average molecular weight is 390 g/mol. The lowest BCUT2D eigenvalue weighted by atomic mass is 9.98. The van der Waals surface area contributed by atoms with E-state index in [0.29, 0.717) is 26.2 Å². The highest BCUT2D eigenvalue weighted by atomic mass is 79.9. The third-order valence-electron chi connectivity index (χ3n) is 3.40. The van der Waals surface area contributed by atoms with Gasteiger partial charge < -0.3 is 10.4 Å². The van der Waals surface area contributed by atoms with Gasteiger partial charge in [0.15, 0.2) is 0 Å². The number of rotatable bonds is 4. The molecule has 8 heteroatoms. The van der Waals surface area contributed by atoms with E-state index < -0.39 is 24.4 Å². The van der Waals surface area contributed by atoms with Crippen LogP contribution in [0.15, 0.2) is 22.7 Å². The van der Waals surface area contributed by atoms with E-state index in [4.69, 9.17) is 5.11 Å². The summed E-state index contributed by atoms with van der Waals surface area (Å²) in [4.78, 5) is 1.58. The Hall–Kier alpha value is -0.340. The van der Waals surface area contributed by atoms with Crippen LogP contribution >= 0.6 is 28.3 Å². The van der Waals surface area contributed by atoms with Crippen LogP contribution in [0.4, 0.5) is 13.2 Å². The number of nitrogens with one attached hydrogen (secondary N) is 1. The Kier molecular flexibility index (Phi) is 6.93. The molecule has 0 bridgehead atoms. The van der Waals surface area contributed by atoms with Gasteiger partial charge in [-0.2, -0.15) is 0 Å². The average Bonchev–Trinajstić information content (AvgIpc) is 2.45. The van der Waals surface area contributed by atoms with Gasteiger partial charge in [-0.1, -0.05) is 12.1 Å². The van der Waals surface area contributed by atoms with Crippen LogP contribution in [0.25, 0.3) is 0 Å². The first-order valence-corrected chi connectivity index (χ1v) is 7.14. The lowest BCUT2D eigenvalue weighted by Crippen LogP contribution is -2.51. The summed E-state index contributed by atoms with van der Waals surface area (Å²) in [5, 5.41) is 12.1. The summed E-state index contributed by atoms with van der Waals surface area (Å²) in [5.74, 6) is -3.93. The quantitative estimate of drug-likeness (QED) is 0.831. The smallest absolute Gasteiger partial charge is 0.289 e. The molecule has 0 aliphatic carbocycles. The monoisotopic (exact) mass is 388 g/mol. The molecule has 0 spiro atoms. The lowest BCUT2D eigenvalue weighted by molar-refractivity contribution is -0.118. The van der Waals surface area contributed by atoms with Crippen LogP contribution in [0.2, 0.25) is 0 Å². The Labute approximate surface area is 136 Å². The molecule has 0 saturated carbocycles. The van der Waals surface area contributed by atoms with Crippen LogP contribution in [0.5, 0.6) is 0 Å². The van der Waals surface area contributed by atoms with Crippen molar-refractivity contribution >= 4 is 28.3 Å². The zero-order valence-electron chi connectivity index (χ0n) is 11.2. The number of hydrogen-bond acceptors (Lipinski definition) is 3. The maximum absolute atomic E-state index is 14.1. The van der Waals surface area contributed by atoms with Gasteiger partial charge in [-0.15, -0.1) is 12.4 Å². The van der Waals surface area contributed by atoms with Gasteiger partial charge in [0.05, 0.1) is 4.47 Å². The lowest BCUT2D eigenvalue weighted by Gasteiger charge is -2.39. The van der Waals surface area contributed by atoms with Crippen molar-refractivity contribution in [3.05, 3.63) is 34.1 Å². The summed E-state index contributed by atoms with van der Waals surface area (Å²) in [6.45, 7) is 0.743. The molecule has 1 saturated heterocycles. The predicted molar refractivity (Wildman–Crippen MR) is 80.6 cm³/mol. The minimum atomic E-state index is -3.34. The van der Waals surface area contributed by atoms with Gasteiger partial charge in [0, 0.05) is 26.2 Å². The fourth-order valence-electron chi connectivity index (χ4n) is 2.45. The predicted octanol–water partition coefficient (Wildman–Crippen LogP) is 2.58. The topological polar surface area (TPSA) is 35.5 Å². The van der Waals surface area contributed by atoms with E-state index in [9.17, 15) is 13.2 Å². The number of nitrogens with zero attached hydrogens (tertiary/aromatic N) is 1. The zero-order valence-corrected chi connectivity index (χ0v) is 13.6. The molecule has 1 aromatic carbocycles. The van der Waals surface area contributed by atoms with Crippen molar-refractivity contribution in [2.45, 2.75) is 12.0 Å². The molecule has 2 N–H and O–H groups in total. The minimum absolute atomic E-state index is 0. The highest BCUT2D eigenvalue weighted by Crippen LogP contribution is 2.40. The second kappa shape index (κ2) is 7.78. The number of halogens is 5. The summed E-state index contributed by atoms with van der Waals surface area (Å²) >= 11 is 3.04. The van der Waals surface area contributed by atoms with Crippen molar-refractivity contribution in [3.63, 3.8) is 0 Å². The highest BCUT2D eigenvalue weighted by molar-refractivity contribution is 9.10. The Bertz CT molecular complexity index is 473. The summed E-state index contributed by atoms with van der Waals surface area (Å²) < 4.78 is 41.9. The van der Waals surface area contributed by atoms with Gasteiger partial charge in [0.25, 0.3) is 5.92 Å². The molecule has 0 unspecified atom stereocenters. The summed E-state index contributed by atoms with van der Waals surface area (Å²) in [7, 11) is 0. The van der Waals surface area contributed by atoms with Gasteiger partial charge in [-0.3, -0.25) is 4.90 Å². The number of aliphatic hydroxyl groups excluding tert-OH is 1. The fraction of sp³-hybridized carbons (Fsp3) is 0.538. The van der Waals surface area contributed by atoms with Crippen LogP contribution < -0.4 is 5.32 Å². The van der Waals surface area contributed by atoms with Crippen molar-refractivity contribution in [2.75, 3.05) is 32.8 Å². The molecule has 3 nitrogen and oxygen atoms in total. The van der Waals surface area contributed by atoms with E-state index in [2.05, 4.69) is 21.2 Å². The van der Waals surface area contributed by atoms with Crippen LogP contribution in [0, 0.1) is 5.82 Å². The van der Waals surface area contributed by atoms with Crippen molar-refractivity contribution in [1.82, 2.24) is 10.2 Å². The summed E-state index contributed by atoms with van der Waals surface area (Å²) in [6, 6.07) is 2.72. The van der Waals surface area contributed by atoms with Crippen molar-refractivity contribution in [2.24, 2.45) is 0 Å². The molecule has 1 fully saturated rings. The Morgan fingerprint density at radius 3 is 2.52 bits per heavy atom. The van der Waals surface area contributed by atoms with Gasteiger partial charge in [-0.05, 0) is 27.6 Å². The molecule has 21 heavy (non-hydrogen) atoms. The standard InChI is InChI=1S/C13H16BrF3N2O.ClH/c14-11-9(2-1-3-10(11)15)12(13(16,17)8-20)19-6-4-18-5-7-19;/h1-3,12,18,20H,4-8H2;1H/t12-;/m0./s1. The third-order valence-corrected chi connectivity index (χ3v) is 4.24. The maximum Gasteiger partial charge on any atom is 0.289 e. The molecule has 120 valence electrons. The molecule has 2 rings (SSSR count). The number of piperazine rings is 1. The van der Waals surface area contributed by atoms with Crippen LogP contribution in [0.1, 0.15) is 11.6 Å². The van der Waals surface area contributed by atoms with E-state index in [0.717, 1.165) is 0 Å². The molecular formula is C13H17BrClF3N2O. The minimum Gasteiger partial charge on any atom is -0.390 e. The van der Waals surface area contributed by atoms with Crippen LogP contribution in [0.3, 0.4) is 0 Å². The van der Waals surface area contributed by atoms with Gasteiger partial charge in [0.2, 0.25) is 0 Å². The fourth-order valence-corrected chi connectivity index (χ4v) is 2.93. The molecule has 0 amide bonds. The number of aliphatic hydroxyl groups is 1. The van der Waals surface area contributed by atoms with Gasteiger partial charge in [0.1, 0.15) is 18.5 Å². The highest BCUT2D eigenvalue weighted by Gasteiger charge is 2.45. The third kappa shape index (κ3) is 4.10. The van der Waals surface area contributed by atoms with E-state index in [-0.39, 0.29) is 22.4 Å². The first kappa shape index (κ1) is 18.7. The normalized spacial score (nSPS) is 18.1. The van der Waals surface area contributed by atoms with E-state index in [1.54, 1.807) is 4.90 Å². The number of hydrogen-bond donors (Lipinski definition) is 2. The molecule has 1 atom stereocenters. The Morgan fingerprint density at radius 2 is 1.95 bits per heavy atom. The van der Waals surface area contributed by atoms with Crippen LogP contribution in [-0.2, 0) is 0 Å². The largest absolute Gasteiger partial charge is 0.390 e. The molecule has 0 radical (unpaired) electrons. The molecule has 1 aliphatic heterocycles. The van der Waals surface area contributed by atoms with E-state index in [1.807, 2.05) is 0 Å². The maximum atomic E-state index is 14.1. The van der Waals surface area contributed by atoms with Crippen molar-refractivity contribution in [3.8, 4) is 0 Å². The summed E-state index contributed by atoms with van der Waals surface area (Å²) in [5.41, 5.74) is 0.158. The Morgan fingerprint density at radius 1 is 1.33 bits per heavy atom. The second-order valence-corrected chi connectivity index (χ2v) is 5.54. The zero-order chi connectivity index (χ0) is 14.8. The Balaban J connectivity index is 0.00000220. The molecule has 1 heterocycles. The molecule has 1 aromatic rings. The second-order valence-electron chi connectivity index (χ2n) is 4.75. The van der Waals surface area contributed by atoms with Gasteiger partial charge >= 0.3 is 0 Å². The van der Waals surface area contributed by atoms with Gasteiger partial charge in [-0.25, -0.2) is 13.2 Å². The van der Waals surface area contributed by atoms with Crippen molar-refractivity contribution < 1.29 is 18.3 Å². The molecule has 1 aliphatic rings. The first-order valence-electron chi connectivity index (χ1n) is 6.34.